The Hall–Kier alpha value is -2.60. The highest BCUT2D eigenvalue weighted by atomic mass is 16.5. The first-order valence-corrected chi connectivity index (χ1v) is 9.16. The van der Waals surface area contributed by atoms with Crippen LogP contribution in [-0.4, -0.2) is 54.3 Å². The van der Waals surface area contributed by atoms with Crippen molar-refractivity contribution in [3.63, 3.8) is 0 Å². The SMILES string of the molecule is COc1ccc(CCC(=O)N2C[C@@H](Cc3ccncc3)[C@H](O)C2)cc1OC. The largest absolute Gasteiger partial charge is 0.493 e. The molecule has 1 saturated heterocycles. The Morgan fingerprint density at radius 3 is 2.56 bits per heavy atom. The van der Waals surface area contributed by atoms with Crippen molar-refractivity contribution >= 4 is 5.91 Å². The number of likely N-dealkylation sites (tertiary alicyclic amines) is 1. The average molecular weight is 370 g/mol. The molecule has 2 heterocycles. The van der Waals surface area contributed by atoms with Crippen LogP contribution in [0, 0.1) is 5.92 Å². The summed E-state index contributed by atoms with van der Waals surface area (Å²) in [6, 6.07) is 9.60. The molecule has 1 aliphatic heterocycles. The Bertz CT molecular complexity index is 766. The average Bonchev–Trinajstić information content (AvgIpc) is 3.07. The third-order valence-corrected chi connectivity index (χ3v) is 5.08. The van der Waals surface area contributed by atoms with Crippen molar-refractivity contribution in [3.8, 4) is 11.5 Å². The van der Waals surface area contributed by atoms with Crippen LogP contribution >= 0.6 is 0 Å². The smallest absolute Gasteiger partial charge is 0.223 e. The lowest BCUT2D eigenvalue weighted by Crippen LogP contribution is -2.29. The first-order valence-electron chi connectivity index (χ1n) is 9.16. The minimum Gasteiger partial charge on any atom is -0.493 e. The highest BCUT2D eigenvalue weighted by Crippen LogP contribution is 2.28. The molecule has 3 rings (SSSR count). The van der Waals surface area contributed by atoms with E-state index in [1.165, 1.54) is 0 Å². The van der Waals surface area contributed by atoms with Crippen molar-refractivity contribution < 1.29 is 19.4 Å². The summed E-state index contributed by atoms with van der Waals surface area (Å²) in [6.07, 6.45) is 4.81. The number of methoxy groups -OCH3 is 2. The fourth-order valence-electron chi connectivity index (χ4n) is 3.53. The lowest BCUT2D eigenvalue weighted by atomic mass is 9.97. The first-order chi connectivity index (χ1) is 13.1. The summed E-state index contributed by atoms with van der Waals surface area (Å²) in [7, 11) is 3.20. The van der Waals surface area contributed by atoms with Crippen molar-refractivity contribution in [3.05, 3.63) is 53.9 Å². The Balaban J connectivity index is 1.54. The third kappa shape index (κ3) is 4.77. The number of pyridine rings is 1. The molecule has 1 aromatic heterocycles. The zero-order valence-electron chi connectivity index (χ0n) is 15.8. The normalized spacial score (nSPS) is 19.1. The van der Waals surface area contributed by atoms with E-state index in [-0.39, 0.29) is 11.8 Å². The van der Waals surface area contributed by atoms with E-state index in [1.54, 1.807) is 31.5 Å². The molecule has 144 valence electrons. The van der Waals surface area contributed by atoms with E-state index in [1.807, 2.05) is 30.3 Å². The maximum Gasteiger partial charge on any atom is 0.223 e. The highest BCUT2D eigenvalue weighted by molar-refractivity contribution is 5.77. The predicted octanol–water partition coefficient (Wildman–Crippen LogP) is 2.09. The molecule has 0 bridgehead atoms. The van der Waals surface area contributed by atoms with Gasteiger partial charge in [-0.25, -0.2) is 0 Å². The van der Waals surface area contributed by atoms with Crippen molar-refractivity contribution in [2.45, 2.75) is 25.4 Å². The summed E-state index contributed by atoms with van der Waals surface area (Å²) in [5.74, 6) is 1.48. The molecule has 27 heavy (non-hydrogen) atoms. The quantitative estimate of drug-likeness (QED) is 0.808. The van der Waals surface area contributed by atoms with Crippen LogP contribution in [0.3, 0.4) is 0 Å². The number of β-amino-alcohol motifs (C(OH)–C–C–N with tert-alkyl or cyclic N) is 1. The first kappa shape index (κ1) is 19.2. The third-order valence-electron chi connectivity index (χ3n) is 5.08. The van der Waals surface area contributed by atoms with Crippen LogP contribution in [0.2, 0.25) is 0 Å². The number of aliphatic hydroxyl groups excluding tert-OH is 1. The zero-order chi connectivity index (χ0) is 19.2. The Kier molecular flexibility index (Phi) is 6.29. The molecule has 1 N–H and O–H groups in total. The maximum absolute atomic E-state index is 12.6. The van der Waals surface area contributed by atoms with E-state index in [4.69, 9.17) is 9.47 Å². The number of amides is 1. The summed E-state index contributed by atoms with van der Waals surface area (Å²) >= 11 is 0. The molecule has 1 fully saturated rings. The maximum atomic E-state index is 12.6. The monoisotopic (exact) mass is 370 g/mol. The molecule has 6 nitrogen and oxygen atoms in total. The van der Waals surface area contributed by atoms with Gasteiger partial charge < -0.3 is 19.5 Å². The van der Waals surface area contributed by atoms with Crippen LogP contribution in [0.15, 0.2) is 42.7 Å². The molecular weight excluding hydrogens is 344 g/mol. The van der Waals surface area contributed by atoms with Crippen molar-refractivity contribution in [1.29, 1.82) is 0 Å². The van der Waals surface area contributed by atoms with E-state index in [9.17, 15) is 9.90 Å². The van der Waals surface area contributed by atoms with E-state index in [0.29, 0.717) is 37.4 Å². The number of aliphatic hydroxyl groups is 1. The second-order valence-corrected chi connectivity index (χ2v) is 6.88. The van der Waals surface area contributed by atoms with Crippen molar-refractivity contribution in [1.82, 2.24) is 9.88 Å². The van der Waals surface area contributed by atoms with E-state index in [0.717, 1.165) is 17.5 Å². The number of benzene rings is 1. The van der Waals surface area contributed by atoms with E-state index in [2.05, 4.69) is 4.98 Å². The number of hydrogen-bond donors (Lipinski definition) is 1. The Labute approximate surface area is 159 Å². The fourth-order valence-corrected chi connectivity index (χ4v) is 3.53. The molecule has 2 atom stereocenters. The molecule has 0 aliphatic carbocycles. The number of rotatable bonds is 7. The van der Waals surface area contributed by atoms with Gasteiger partial charge in [0.2, 0.25) is 5.91 Å². The van der Waals surface area contributed by atoms with Gasteiger partial charge in [0.1, 0.15) is 0 Å². The Morgan fingerprint density at radius 2 is 1.85 bits per heavy atom. The van der Waals surface area contributed by atoms with Crippen molar-refractivity contribution in [2.75, 3.05) is 27.3 Å². The number of aryl methyl sites for hydroxylation is 1. The molecule has 6 heteroatoms. The van der Waals surface area contributed by atoms with Crippen LogP contribution in [0.1, 0.15) is 17.5 Å². The van der Waals surface area contributed by atoms with Crippen molar-refractivity contribution in [2.24, 2.45) is 5.92 Å². The number of carbonyl (C=O) groups excluding carboxylic acids is 1. The van der Waals surface area contributed by atoms with Crippen LogP contribution in [0.4, 0.5) is 0 Å². The van der Waals surface area contributed by atoms with E-state index >= 15 is 0 Å². The fraction of sp³-hybridized carbons (Fsp3) is 0.429. The van der Waals surface area contributed by atoms with Gasteiger partial charge in [-0.15, -0.1) is 0 Å². The second-order valence-electron chi connectivity index (χ2n) is 6.88. The number of ether oxygens (including phenoxy) is 2. The Morgan fingerprint density at radius 1 is 1.11 bits per heavy atom. The number of aromatic nitrogens is 1. The van der Waals surface area contributed by atoms with Crippen LogP contribution in [0.5, 0.6) is 11.5 Å². The summed E-state index contributed by atoms with van der Waals surface area (Å²) in [6.45, 7) is 0.995. The molecule has 1 aromatic carbocycles. The minimum atomic E-state index is -0.483. The molecule has 0 unspecified atom stereocenters. The zero-order valence-corrected chi connectivity index (χ0v) is 15.8. The molecule has 0 radical (unpaired) electrons. The van der Waals surface area contributed by atoms with Crippen LogP contribution < -0.4 is 9.47 Å². The second kappa shape index (κ2) is 8.86. The lowest BCUT2D eigenvalue weighted by molar-refractivity contribution is -0.130. The minimum absolute atomic E-state index is 0.0671. The molecule has 1 amide bonds. The predicted molar refractivity (Wildman–Crippen MR) is 102 cm³/mol. The van der Waals surface area contributed by atoms with Gasteiger partial charge in [0.25, 0.3) is 0 Å². The van der Waals surface area contributed by atoms with Gasteiger partial charge in [0.05, 0.1) is 20.3 Å². The molecular formula is C21H26N2O4. The number of hydrogen-bond acceptors (Lipinski definition) is 5. The standard InChI is InChI=1S/C21H26N2O4/c1-26-19-5-3-15(12-20(19)27-2)4-6-21(25)23-13-17(18(24)14-23)11-16-7-9-22-10-8-16/h3,5,7-10,12,17-18,24H,4,6,11,13-14H2,1-2H3/t17-,18-/m1/s1. The summed E-state index contributed by atoms with van der Waals surface area (Å²) in [4.78, 5) is 18.4. The molecule has 0 saturated carbocycles. The van der Waals surface area contributed by atoms with Gasteiger partial charge in [0, 0.05) is 37.8 Å². The number of nitrogens with zero attached hydrogens (tertiary/aromatic N) is 2. The van der Waals surface area contributed by atoms with Crippen LogP contribution in [-0.2, 0) is 17.6 Å². The highest BCUT2D eigenvalue weighted by Gasteiger charge is 2.33. The van der Waals surface area contributed by atoms with Gasteiger partial charge in [-0.2, -0.15) is 0 Å². The van der Waals surface area contributed by atoms with Gasteiger partial charge in [-0.3, -0.25) is 9.78 Å². The van der Waals surface area contributed by atoms with Gasteiger partial charge in [-0.1, -0.05) is 6.07 Å². The summed E-state index contributed by atoms with van der Waals surface area (Å²) in [5.41, 5.74) is 2.16. The molecule has 0 spiro atoms. The summed E-state index contributed by atoms with van der Waals surface area (Å²) < 4.78 is 10.5. The number of carbonyl (C=O) groups is 1. The van der Waals surface area contributed by atoms with Gasteiger partial charge in [-0.05, 0) is 48.2 Å². The lowest BCUT2D eigenvalue weighted by Gasteiger charge is -2.16. The van der Waals surface area contributed by atoms with Crippen LogP contribution in [0.25, 0.3) is 0 Å². The topological polar surface area (TPSA) is 71.9 Å². The molecule has 2 aromatic rings. The summed E-state index contributed by atoms with van der Waals surface area (Å²) in [5, 5.41) is 10.3. The van der Waals surface area contributed by atoms with E-state index < -0.39 is 6.10 Å². The van der Waals surface area contributed by atoms with Gasteiger partial charge in [0.15, 0.2) is 11.5 Å². The van der Waals surface area contributed by atoms with Gasteiger partial charge >= 0.3 is 0 Å². The molecule has 1 aliphatic rings.